The Morgan fingerprint density at radius 2 is 1.86 bits per heavy atom. The number of hydrogen-bond acceptors (Lipinski definition) is 5. The van der Waals surface area contributed by atoms with Crippen molar-refractivity contribution in [2.24, 2.45) is 0 Å². The van der Waals surface area contributed by atoms with Gasteiger partial charge in [-0.05, 0) is 13.0 Å². The van der Waals surface area contributed by atoms with Crippen LogP contribution in [0, 0.1) is 24.4 Å². The van der Waals surface area contributed by atoms with Crippen LogP contribution in [0.15, 0.2) is 30.7 Å². The largest absolute Gasteiger partial charge is 0.408 e. The van der Waals surface area contributed by atoms with Crippen LogP contribution in [0.2, 0.25) is 0 Å². The van der Waals surface area contributed by atoms with E-state index in [2.05, 4.69) is 25.7 Å². The van der Waals surface area contributed by atoms with Gasteiger partial charge in [0.2, 0.25) is 5.95 Å². The van der Waals surface area contributed by atoms with Crippen molar-refractivity contribution < 1.29 is 26.3 Å². The van der Waals surface area contributed by atoms with Crippen LogP contribution in [0.4, 0.5) is 43.8 Å². The Balaban J connectivity index is 1.72. The molecule has 0 radical (unpaired) electrons. The fourth-order valence-electron chi connectivity index (χ4n) is 2.43. The minimum atomic E-state index is -4.41. The zero-order valence-corrected chi connectivity index (χ0v) is 14.9. The van der Waals surface area contributed by atoms with E-state index in [1.165, 1.54) is 12.4 Å². The summed E-state index contributed by atoms with van der Waals surface area (Å²) >= 11 is 0. The number of aryl methyl sites for hydroxylation is 1. The summed E-state index contributed by atoms with van der Waals surface area (Å²) < 4.78 is 78.2. The monoisotopic (exact) mass is 416 g/mol. The van der Waals surface area contributed by atoms with E-state index in [1.807, 2.05) is 0 Å². The van der Waals surface area contributed by atoms with Gasteiger partial charge in [-0.2, -0.15) is 23.3 Å². The number of anilines is 3. The van der Waals surface area contributed by atoms with Gasteiger partial charge in [-0.3, -0.25) is 4.68 Å². The fraction of sp³-hybridized carbons (Fsp3) is 0.235. The van der Waals surface area contributed by atoms with Crippen LogP contribution < -0.4 is 10.6 Å². The zero-order chi connectivity index (χ0) is 21.2. The highest BCUT2D eigenvalue weighted by Gasteiger charge is 2.28. The molecule has 2 aromatic heterocycles. The number of nitrogens with one attached hydrogen (secondary N) is 2. The van der Waals surface area contributed by atoms with E-state index < -0.39 is 30.2 Å². The second-order valence-corrected chi connectivity index (χ2v) is 6.11. The molecule has 0 unspecified atom stereocenters. The van der Waals surface area contributed by atoms with Gasteiger partial charge in [0.15, 0.2) is 11.6 Å². The minimum absolute atomic E-state index is 0.0375. The van der Waals surface area contributed by atoms with Crippen molar-refractivity contribution in [3.63, 3.8) is 0 Å². The molecule has 0 saturated heterocycles. The van der Waals surface area contributed by atoms with Gasteiger partial charge in [-0.25, -0.2) is 18.2 Å². The number of halogens is 6. The van der Waals surface area contributed by atoms with Gasteiger partial charge in [0.25, 0.3) is 0 Å². The lowest BCUT2D eigenvalue weighted by atomic mass is 10.2. The lowest BCUT2D eigenvalue weighted by molar-refractivity contribution is -0.142. The lowest BCUT2D eigenvalue weighted by Gasteiger charge is -2.11. The molecule has 29 heavy (non-hydrogen) atoms. The predicted molar refractivity (Wildman–Crippen MR) is 92.0 cm³/mol. The molecule has 3 rings (SSSR count). The van der Waals surface area contributed by atoms with Crippen LogP contribution >= 0.6 is 0 Å². The number of aromatic nitrogens is 4. The van der Waals surface area contributed by atoms with Crippen LogP contribution in [-0.2, 0) is 13.1 Å². The Hall–Kier alpha value is -3.31. The van der Waals surface area contributed by atoms with E-state index in [4.69, 9.17) is 0 Å². The average Bonchev–Trinajstić information content (AvgIpc) is 3.04. The van der Waals surface area contributed by atoms with Crippen LogP contribution in [-0.4, -0.2) is 25.9 Å². The third kappa shape index (κ3) is 5.36. The first-order valence-electron chi connectivity index (χ1n) is 8.18. The Morgan fingerprint density at radius 3 is 2.59 bits per heavy atom. The third-order valence-corrected chi connectivity index (χ3v) is 3.72. The SMILES string of the molecule is Cc1cnc(Nc2cnn(CC(F)(F)F)c2)nc1NCc1cc(F)cc(F)c1F. The molecule has 12 heteroatoms. The highest BCUT2D eigenvalue weighted by atomic mass is 19.4. The molecule has 0 atom stereocenters. The van der Waals surface area contributed by atoms with Crippen LogP contribution in [0.3, 0.4) is 0 Å². The molecule has 0 fully saturated rings. The number of rotatable bonds is 6. The van der Waals surface area contributed by atoms with Crippen molar-refractivity contribution in [3.05, 3.63) is 59.3 Å². The van der Waals surface area contributed by atoms with Gasteiger partial charge >= 0.3 is 6.18 Å². The molecular formula is C17H14F6N6. The molecule has 0 aliphatic rings. The summed E-state index contributed by atoms with van der Waals surface area (Å²) in [4.78, 5) is 8.14. The number of benzene rings is 1. The van der Waals surface area contributed by atoms with Gasteiger partial charge in [-0.1, -0.05) is 0 Å². The molecule has 0 spiro atoms. The predicted octanol–water partition coefficient (Wildman–Crippen LogP) is 4.32. The normalized spacial score (nSPS) is 11.6. The molecule has 2 N–H and O–H groups in total. The van der Waals surface area contributed by atoms with Crippen molar-refractivity contribution in [1.82, 2.24) is 19.7 Å². The van der Waals surface area contributed by atoms with Crippen molar-refractivity contribution in [2.75, 3.05) is 10.6 Å². The van der Waals surface area contributed by atoms with E-state index >= 15 is 0 Å². The van der Waals surface area contributed by atoms with Gasteiger partial charge in [-0.15, -0.1) is 0 Å². The molecule has 0 aliphatic heterocycles. The third-order valence-electron chi connectivity index (χ3n) is 3.72. The van der Waals surface area contributed by atoms with Gasteiger partial charge in [0, 0.05) is 36.1 Å². The molecule has 0 aliphatic carbocycles. The minimum Gasteiger partial charge on any atom is -0.365 e. The summed E-state index contributed by atoms with van der Waals surface area (Å²) in [6.07, 6.45) is -0.686. The molecule has 0 bridgehead atoms. The summed E-state index contributed by atoms with van der Waals surface area (Å²) in [6.45, 7) is 0.156. The smallest absolute Gasteiger partial charge is 0.365 e. The van der Waals surface area contributed by atoms with Gasteiger partial charge in [0.05, 0.1) is 11.9 Å². The second-order valence-electron chi connectivity index (χ2n) is 6.11. The first kappa shape index (κ1) is 20.4. The molecular weight excluding hydrogens is 402 g/mol. The molecule has 3 aromatic rings. The van der Waals surface area contributed by atoms with E-state index in [0.717, 1.165) is 12.3 Å². The first-order chi connectivity index (χ1) is 13.6. The topological polar surface area (TPSA) is 67.7 Å². The highest BCUT2D eigenvalue weighted by Crippen LogP contribution is 2.21. The molecule has 6 nitrogen and oxygen atoms in total. The summed E-state index contributed by atoms with van der Waals surface area (Å²) in [7, 11) is 0. The van der Waals surface area contributed by atoms with E-state index in [9.17, 15) is 26.3 Å². The molecule has 0 amide bonds. The highest BCUT2D eigenvalue weighted by molar-refractivity contribution is 5.54. The Bertz CT molecular complexity index is 1020. The fourth-order valence-corrected chi connectivity index (χ4v) is 2.43. The van der Waals surface area contributed by atoms with Gasteiger partial charge < -0.3 is 10.6 Å². The molecule has 154 valence electrons. The summed E-state index contributed by atoms with van der Waals surface area (Å²) in [5, 5.41) is 9.04. The number of alkyl halides is 3. The van der Waals surface area contributed by atoms with Crippen LogP contribution in [0.25, 0.3) is 0 Å². The average molecular weight is 416 g/mol. The van der Waals surface area contributed by atoms with Crippen molar-refractivity contribution in [2.45, 2.75) is 26.2 Å². The van der Waals surface area contributed by atoms with Crippen molar-refractivity contribution in [3.8, 4) is 0 Å². The number of hydrogen-bond donors (Lipinski definition) is 2. The Morgan fingerprint density at radius 1 is 1.10 bits per heavy atom. The van der Waals surface area contributed by atoms with E-state index in [-0.39, 0.29) is 29.6 Å². The van der Waals surface area contributed by atoms with Crippen molar-refractivity contribution in [1.29, 1.82) is 0 Å². The van der Waals surface area contributed by atoms with E-state index in [1.54, 1.807) is 6.92 Å². The number of nitrogens with zero attached hydrogens (tertiary/aromatic N) is 4. The standard InChI is InChI=1S/C17H14F6N6/c1-9-4-25-16(27-12-6-26-29(7-12)8-17(21,22)23)28-15(9)24-5-10-2-11(18)3-13(19)14(10)20/h2-4,6-7H,5,8H2,1H3,(H2,24,25,27,28). The molecule has 1 aromatic carbocycles. The maximum absolute atomic E-state index is 13.8. The molecule has 2 heterocycles. The zero-order valence-electron chi connectivity index (χ0n) is 14.9. The Kier molecular flexibility index (Phi) is 5.62. The summed E-state index contributed by atoms with van der Waals surface area (Å²) in [6, 6.07) is 1.30. The lowest BCUT2D eigenvalue weighted by Crippen LogP contribution is -2.17. The maximum Gasteiger partial charge on any atom is 0.408 e. The maximum atomic E-state index is 13.8. The quantitative estimate of drug-likeness (QED) is 0.463. The molecule has 0 saturated carbocycles. The summed E-state index contributed by atoms with van der Waals surface area (Å²) in [5.41, 5.74) is 0.548. The Labute approximate surface area is 160 Å². The first-order valence-corrected chi connectivity index (χ1v) is 8.18. The second kappa shape index (κ2) is 7.97. The van der Waals surface area contributed by atoms with Crippen molar-refractivity contribution >= 4 is 17.5 Å². The van der Waals surface area contributed by atoms with E-state index in [0.29, 0.717) is 16.3 Å². The van der Waals surface area contributed by atoms with Crippen LogP contribution in [0.5, 0.6) is 0 Å². The van der Waals surface area contributed by atoms with Crippen LogP contribution in [0.1, 0.15) is 11.1 Å². The summed E-state index contributed by atoms with van der Waals surface area (Å²) in [5.74, 6) is -3.12. The van der Waals surface area contributed by atoms with Gasteiger partial charge in [0.1, 0.15) is 18.2 Å².